The zero-order chi connectivity index (χ0) is 23.0. The highest BCUT2D eigenvalue weighted by atomic mass is 16.5. The summed E-state index contributed by atoms with van der Waals surface area (Å²) in [5.41, 5.74) is 1.11. The molecule has 0 spiro atoms. The molecule has 0 aliphatic carbocycles. The Morgan fingerprint density at radius 2 is 2.12 bits per heavy atom. The maximum atomic E-state index is 12.5. The summed E-state index contributed by atoms with van der Waals surface area (Å²) in [5, 5.41) is 21.3. The minimum atomic E-state index is -0.237. The number of carbonyl (C=O) groups excluding carboxylic acids is 1. The molecule has 1 N–H and O–H groups in total. The van der Waals surface area contributed by atoms with E-state index in [1.165, 1.54) is 0 Å². The molecular weight excluding hydrogens is 422 g/mol. The summed E-state index contributed by atoms with van der Waals surface area (Å²) in [6, 6.07) is 7.51. The Hall–Kier alpha value is -3.60. The van der Waals surface area contributed by atoms with E-state index in [1.54, 1.807) is 34.1 Å². The third-order valence-electron chi connectivity index (χ3n) is 5.89. The van der Waals surface area contributed by atoms with Crippen molar-refractivity contribution in [3.63, 3.8) is 0 Å². The van der Waals surface area contributed by atoms with E-state index in [1.807, 2.05) is 6.07 Å². The lowest BCUT2D eigenvalue weighted by Crippen LogP contribution is -2.37. The molecule has 2 fully saturated rings. The molecule has 33 heavy (non-hydrogen) atoms. The molecule has 1 atom stereocenters. The summed E-state index contributed by atoms with van der Waals surface area (Å²) in [6.07, 6.45) is 6.85. The number of amides is 1. The zero-order valence-corrected chi connectivity index (χ0v) is 18.4. The number of nitrogens with zero attached hydrogens (tertiary/aromatic N) is 6. The van der Waals surface area contributed by atoms with E-state index in [0.717, 1.165) is 39.3 Å². The molecule has 2 saturated heterocycles. The predicted octanol–water partition coefficient (Wildman–Crippen LogP) is 1.59. The monoisotopic (exact) mass is 449 g/mol. The fourth-order valence-corrected chi connectivity index (χ4v) is 4.02. The van der Waals surface area contributed by atoms with Gasteiger partial charge in [-0.3, -0.25) is 9.69 Å². The number of likely N-dealkylation sites (tertiary alicyclic amines) is 1. The summed E-state index contributed by atoms with van der Waals surface area (Å²) in [4.78, 5) is 20.7. The molecule has 1 amide bonds. The quantitative estimate of drug-likeness (QED) is 0.477. The first kappa shape index (κ1) is 22.6. The number of morpholine rings is 1. The molecule has 1 aromatic heterocycles. The summed E-state index contributed by atoms with van der Waals surface area (Å²) in [7, 11) is 0. The van der Waals surface area contributed by atoms with Gasteiger partial charge in [-0.25, -0.2) is 4.98 Å². The van der Waals surface area contributed by atoms with Gasteiger partial charge in [-0.2, -0.15) is 10.5 Å². The number of hydrogen-bond acceptors (Lipinski definition) is 8. The van der Waals surface area contributed by atoms with Gasteiger partial charge in [0, 0.05) is 38.8 Å². The molecule has 0 saturated carbocycles. The molecule has 0 radical (unpaired) electrons. The highest BCUT2D eigenvalue weighted by Gasteiger charge is 2.28. The van der Waals surface area contributed by atoms with Gasteiger partial charge < -0.3 is 24.3 Å². The maximum absolute atomic E-state index is 12.5. The van der Waals surface area contributed by atoms with Crippen molar-refractivity contribution in [3.8, 4) is 23.7 Å². The molecule has 4 rings (SSSR count). The lowest BCUT2D eigenvalue weighted by molar-refractivity contribution is -0.119. The van der Waals surface area contributed by atoms with Crippen molar-refractivity contribution in [2.75, 3.05) is 57.9 Å². The van der Waals surface area contributed by atoms with Crippen molar-refractivity contribution in [2.24, 2.45) is 5.92 Å². The van der Waals surface area contributed by atoms with Crippen molar-refractivity contribution in [3.05, 3.63) is 36.3 Å². The van der Waals surface area contributed by atoms with Crippen LogP contribution in [0.15, 0.2) is 30.7 Å². The van der Waals surface area contributed by atoms with E-state index >= 15 is 0 Å². The first-order valence-corrected chi connectivity index (χ1v) is 11.1. The lowest BCUT2D eigenvalue weighted by atomic mass is 10.1. The highest BCUT2D eigenvalue weighted by Crippen LogP contribution is 2.23. The second-order valence-electron chi connectivity index (χ2n) is 8.13. The topological polar surface area (TPSA) is 119 Å². The van der Waals surface area contributed by atoms with Gasteiger partial charge in [-0.05, 0) is 25.0 Å². The average molecular weight is 450 g/mol. The molecule has 10 nitrogen and oxygen atoms in total. The van der Waals surface area contributed by atoms with Gasteiger partial charge in [0.25, 0.3) is 0 Å². The normalized spacial score (nSPS) is 18.5. The Bertz CT molecular complexity index is 1050. The van der Waals surface area contributed by atoms with E-state index in [4.69, 9.17) is 14.7 Å². The van der Waals surface area contributed by atoms with Crippen LogP contribution in [0.4, 0.5) is 5.82 Å². The third kappa shape index (κ3) is 5.80. The van der Waals surface area contributed by atoms with E-state index in [-0.39, 0.29) is 11.8 Å². The summed E-state index contributed by atoms with van der Waals surface area (Å²) in [5.74, 6) is 0.679. The molecule has 0 bridgehead atoms. The minimum Gasteiger partial charge on any atom is -0.493 e. The Kier molecular flexibility index (Phi) is 7.40. The van der Waals surface area contributed by atoms with Crippen LogP contribution in [0.5, 0.6) is 5.75 Å². The van der Waals surface area contributed by atoms with Gasteiger partial charge in [-0.1, -0.05) is 0 Å². The molecule has 2 aliphatic heterocycles. The van der Waals surface area contributed by atoms with E-state index in [2.05, 4.69) is 27.5 Å². The standard InChI is InChI=1S/C23H27N7O3/c24-13-18-2-3-20(33-9-1-5-28-7-10-32-11-8-28)12-21(18)30-15-22(26-17-30)27-23(31)19-4-6-29(14-19)16-25/h2-3,12,15,17,19H,1,4-11,14H2,(H,27,31). The second-order valence-corrected chi connectivity index (χ2v) is 8.13. The molecule has 2 aromatic rings. The Balaban J connectivity index is 1.35. The van der Waals surface area contributed by atoms with Gasteiger partial charge in [0.15, 0.2) is 12.0 Å². The van der Waals surface area contributed by atoms with Gasteiger partial charge >= 0.3 is 0 Å². The van der Waals surface area contributed by atoms with E-state index in [9.17, 15) is 10.1 Å². The average Bonchev–Trinajstić information content (AvgIpc) is 3.52. The van der Waals surface area contributed by atoms with Crippen LogP contribution in [-0.4, -0.2) is 77.8 Å². The first-order valence-electron chi connectivity index (χ1n) is 11.1. The van der Waals surface area contributed by atoms with Crippen molar-refractivity contribution < 1.29 is 14.3 Å². The Morgan fingerprint density at radius 1 is 1.27 bits per heavy atom. The summed E-state index contributed by atoms with van der Waals surface area (Å²) in [6.45, 7) is 6.04. The molecular formula is C23H27N7O3. The van der Waals surface area contributed by atoms with Crippen LogP contribution < -0.4 is 10.1 Å². The molecule has 1 aromatic carbocycles. The summed E-state index contributed by atoms with van der Waals surface area (Å²) >= 11 is 0. The van der Waals surface area contributed by atoms with Gasteiger partial charge in [0.2, 0.25) is 5.91 Å². The van der Waals surface area contributed by atoms with Crippen molar-refractivity contribution in [1.82, 2.24) is 19.4 Å². The molecule has 3 heterocycles. The number of hydrogen-bond donors (Lipinski definition) is 1. The SMILES string of the molecule is N#Cc1ccc(OCCCN2CCOCC2)cc1-n1cnc(NC(=O)C2CCN(C#N)C2)c1. The predicted molar refractivity (Wildman–Crippen MR) is 120 cm³/mol. The zero-order valence-electron chi connectivity index (χ0n) is 18.4. The largest absolute Gasteiger partial charge is 0.493 e. The number of anilines is 1. The first-order chi connectivity index (χ1) is 16.2. The van der Waals surface area contributed by atoms with Crippen LogP contribution in [0, 0.1) is 28.7 Å². The number of carbonyl (C=O) groups is 1. The molecule has 1 unspecified atom stereocenters. The van der Waals surface area contributed by atoms with E-state index < -0.39 is 0 Å². The van der Waals surface area contributed by atoms with Crippen LogP contribution in [-0.2, 0) is 9.53 Å². The van der Waals surface area contributed by atoms with Crippen LogP contribution in [0.1, 0.15) is 18.4 Å². The third-order valence-corrected chi connectivity index (χ3v) is 5.89. The van der Waals surface area contributed by atoms with Crippen LogP contribution >= 0.6 is 0 Å². The lowest BCUT2D eigenvalue weighted by Gasteiger charge is -2.26. The maximum Gasteiger partial charge on any atom is 0.230 e. The van der Waals surface area contributed by atoms with Crippen LogP contribution in [0.3, 0.4) is 0 Å². The number of nitrogens with one attached hydrogen (secondary N) is 1. The highest BCUT2D eigenvalue weighted by molar-refractivity contribution is 5.92. The van der Waals surface area contributed by atoms with Crippen molar-refractivity contribution >= 4 is 11.7 Å². The fourth-order valence-electron chi connectivity index (χ4n) is 4.02. The van der Waals surface area contributed by atoms with Crippen LogP contribution in [0.25, 0.3) is 5.69 Å². The smallest absolute Gasteiger partial charge is 0.230 e. The number of nitriles is 2. The van der Waals surface area contributed by atoms with E-state index in [0.29, 0.717) is 48.9 Å². The summed E-state index contributed by atoms with van der Waals surface area (Å²) < 4.78 is 13.0. The van der Waals surface area contributed by atoms with Crippen molar-refractivity contribution in [2.45, 2.75) is 12.8 Å². The fraction of sp³-hybridized carbons (Fsp3) is 0.478. The Labute approximate surface area is 192 Å². The Morgan fingerprint density at radius 3 is 2.88 bits per heavy atom. The molecule has 172 valence electrons. The van der Waals surface area contributed by atoms with Gasteiger partial charge in [0.05, 0.1) is 43.2 Å². The van der Waals surface area contributed by atoms with Gasteiger partial charge in [-0.15, -0.1) is 0 Å². The van der Waals surface area contributed by atoms with Crippen molar-refractivity contribution in [1.29, 1.82) is 10.5 Å². The van der Waals surface area contributed by atoms with Crippen LogP contribution in [0.2, 0.25) is 0 Å². The number of rotatable bonds is 8. The number of ether oxygens (including phenoxy) is 2. The number of aromatic nitrogens is 2. The minimum absolute atomic E-state index is 0.157. The second kappa shape index (κ2) is 10.8. The number of benzene rings is 1. The van der Waals surface area contributed by atoms with Gasteiger partial charge in [0.1, 0.15) is 18.1 Å². The molecule has 10 heteroatoms. The molecule has 2 aliphatic rings. The number of imidazole rings is 1.